The lowest BCUT2D eigenvalue weighted by Crippen LogP contribution is -2.34. The minimum atomic E-state index is -0.682. The second-order valence-corrected chi connectivity index (χ2v) is 3.86. The number of benzene rings is 1. The minimum absolute atomic E-state index is 0.00838. The Kier molecular flexibility index (Phi) is 6.45. The highest BCUT2D eigenvalue weighted by atomic mass is 19.1. The van der Waals surface area contributed by atoms with E-state index in [1.165, 1.54) is 19.2 Å². The number of nitrogens with one attached hydrogen (secondary N) is 2. The third-order valence-electron chi connectivity index (χ3n) is 2.37. The molecule has 0 atom stereocenters. The van der Waals surface area contributed by atoms with Crippen molar-refractivity contribution in [3.05, 3.63) is 29.6 Å². The summed E-state index contributed by atoms with van der Waals surface area (Å²) in [5, 5.41) is 5.32. The molecule has 1 rings (SSSR count). The fourth-order valence-corrected chi connectivity index (χ4v) is 1.47. The Morgan fingerprint density at radius 3 is 2.75 bits per heavy atom. The third-order valence-corrected chi connectivity index (χ3v) is 2.37. The normalized spacial score (nSPS) is 9.95. The number of carbonyl (C=O) groups is 2. The van der Waals surface area contributed by atoms with Gasteiger partial charge >= 0.3 is 5.97 Å². The maximum atomic E-state index is 13.1. The van der Waals surface area contributed by atoms with Crippen LogP contribution in [-0.4, -0.2) is 45.7 Å². The molecule has 20 heavy (non-hydrogen) atoms. The molecule has 0 bridgehead atoms. The maximum absolute atomic E-state index is 13.1. The van der Waals surface area contributed by atoms with E-state index in [0.717, 1.165) is 6.07 Å². The Hall–Kier alpha value is -2.15. The fraction of sp³-hybridized carbons (Fsp3) is 0.385. The van der Waals surface area contributed by atoms with E-state index < -0.39 is 11.8 Å². The van der Waals surface area contributed by atoms with E-state index in [1.807, 2.05) is 0 Å². The van der Waals surface area contributed by atoms with Crippen molar-refractivity contribution in [2.45, 2.75) is 0 Å². The smallest absolute Gasteiger partial charge is 0.341 e. The molecule has 1 amide bonds. The van der Waals surface area contributed by atoms with Gasteiger partial charge in [0, 0.05) is 0 Å². The summed E-state index contributed by atoms with van der Waals surface area (Å²) in [4.78, 5) is 22.6. The van der Waals surface area contributed by atoms with Crippen LogP contribution in [0, 0.1) is 5.82 Å². The van der Waals surface area contributed by atoms with Gasteiger partial charge in [-0.3, -0.25) is 4.79 Å². The molecule has 0 heterocycles. The molecule has 1 aromatic rings. The Morgan fingerprint density at radius 1 is 1.35 bits per heavy atom. The first-order chi connectivity index (χ1) is 9.58. The van der Waals surface area contributed by atoms with E-state index in [-0.39, 0.29) is 36.9 Å². The first kappa shape index (κ1) is 15.9. The average Bonchev–Trinajstić information content (AvgIpc) is 2.44. The molecule has 0 saturated heterocycles. The van der Waals surface area contributed by atoms with Crippen molar-refractivity contribution >= 4 is 11.9 Å². The highest BCUT2D eigenvalue weighted by Gasteiger charge is 2.14. The number of hydrogen-bond acceptors (Lipinski definition) is 5. The summed E-state index contributed by atoms with van der Waals surface area (Å²) in [7, 11) is 2.87. The summed E-state index contributed by atoms with van der Waals surface area (Å²) in [6.07, 6.45) is 0. The molecule has 0 aliphatic heterocycles. The monoisotopic (exact) mass is 284 g/mol. The lowest BCUT2D eigenvalue weighted by molar-refractivity contribution is -0.120. The zero-order chi connectivity index (χ0) is 15.0. The van der Waals surface area contributed by atoms with Gasteiger partial charge in [-0.1, -0.05) is 0 Å². The summed E-state index contributed by atoms with van der Waals surface area (Å²) in [6.45, 7) is 0.646. The highest BCUT2D eigenvalue weighted by molar-refractivity contribution is 5.92. The van der Waals surface area contributed by atoms with Crippen molar-refractivity contribution in [1.82, 2.24) is 10.6 Å². The predicted molar refractivity (Wildman–Crippen MR) is 70.2 cm³/mol. The van der Waals surface area contributed by atoms with Gasteiger partial charge in [0.1, 0.15) is 23.7 Å². The van der Waals surface area contributed by atoms with Gasteiger partial charge in [0.25, 0.3) is 0 Å². The van der Waals surface area contributed by atoms with Gasteiger partial charge in [-0.05, 0) is 25.2 Å². The topological polar surface area (TPSA) is 76.7 Å². The van der Waals surface area contributed by atoms with Gasteiger partial charge in [0.2, 0.25) is 5.91 Å². The molecule has 0 aromatic heterocycles. The number of amides is 1. The fourth-order valence-electron chi connectivity index (χ4n) is 1.47. The van der Waals surface area contributed by atoms with E-state index >= 15 is 0 Å². The third kappa shape index (κ3) is 4.85. The van der Waals surface area contributed by atoms with E-state index in [9.17, 15) is 14.0 Å². The van der Waals surface area contributed by atoms with Crippen LogP contribution in [-0.2, 0) is 9.53 Å². The quantitative estimate of drug-likeness (QED) is 0.557. The summed E-state index contributed by atoms with van der Waals surface area (Å²) in [5.74, 6) is -1.19. The molecule has 0 unspecified atom stereocenters. The van der Waals surface area contributed by atoms with Crippen molar-refractivity contribution in [2.24, 2.45) is 0 Å². The second-order valence-electron chi connectivity index (χ2n) is 3.86. The molecule has 0 aliphatic carbocycles. The molecule has 0 saturated carbocycles. The summed E-state index contributed by atoms with van der Waals surface area (Å²) >= 11 is 0. The number of likely N-dealkylation sites (N-methyl/N-ethyl adjacent to an activating group) is 1. The molecular formula is C13H17FN2O4. The summed E-state index contributed by atoms with van der Waals surface area (Å²) in [6, 6.07) is 3.57. The van der Waals surface area contributed by atoms with Crippen molar-refractivity contribution in [3.8, 4) is 5.75 Å². The maximum Gasteiger partial charge on any atom is 0.341 e. The summed E-state index contributed by atoms with van der Waals surface area (Å²) in [5.41, 5.74) is 0.00838. The van der Waals surface area contributed by atoms with Crippen molar-refractivity contribution in [3.63, 3.8) is 0 Å². The average molecular weight is 284 g/mol. The van der Waals surface area contributed by atoms with Gasteiger partial charge < -0.3 is 20.1 Å². The van der Waals surface area contributed by atoms with Crippen molar-refractivity contribution in [2.75, 3.05) is 33.9 Å². The number of hydrogen-bond donors (Lipinski definition) is 2. The number of carbonyl (C=O) groups excluding carboxylic acids is 2. The molecule has 6 nitrogen and oxygen atoms in total. The summed E-state index contributed by atoms with van der Waals surface area (Å²) < 4.78 is 23.0. The molecule has 0 spiro atoms. The van der Waals surface area contributed by atoms with E-state index in [4.69, 9.17) is 4.74 Å². The Balaban J connectivity index is 2.55. The lowest BCUT2D eigenvalue weighted by atomic mass is 10.2. The van der Waals surface area contributed by atoms with Crippen LogP contribution in [0.25, 0.3) is 0 Å². The van der Waals surface area contributed by atoms with Gasteiger partial charge in [-0.2, -0.15) is 0 Å². The van der Waals surface area contributed by atoms with Crippen molar-refractivity contribution in [1.29, 1.82) is 0 Å². The van der Waals surface area contributed by atoms with Crippen LogP contribution >= 0.6 is 0 Å². The zero-order valence-corrected chi connectivity index (χ0v) is 11.4. The minimum Gasteiger partial charge on any atom is -0.491 e. The first-order valence-corrected chi connectivity index (χ1v) is 6.00. The number of methoxy groups -OCH3 is 1. The Morgan fingerprint density at radius 2 is 2.10 bits per heavy atom. The van der Waals surface area contributed by atoms with Crippen LogP contribution in [0.1, 0.15) is 10.4 Å². The molecular weight excluding hydrogens is 267 g/mol. The van der Waals surface area contributed by atoms with E-state index in [2.05, 4.69) is 15.4 Å². The molecule has 110 valence electrons. The highest BCUT2D eigenvalue weighted by Crippen LogP contribution is 2.20. The van der Waals surface area contributed by atoms with Gasteiger partial charge in [-0.15, -0.1) is 0 Å². The largest absolute Gasteiger partial charge is 0.491 e. The van der Waals surface area contributed by atoms with Gasteiger partial charge in [0.05, 0.1) is 20.2 Å². The second kappa shape index (κ2) is 8.11. The number of halogens is 1. The first-order valence-electron chi connectivity index (χ1n) is 6.00. The van der Waals surface area contributed by atoms with Crippen LogP contribution in [0.3, 0.4) is 0 Å². The molecule has 0 fully saturated rings. The molecule has 0 aliphatic rings. The van der Waals surface area contributed by atoms with E-state index in [1.54, 1.807) is 7.05 Å². The van der Waals surface area contributed by atoms with Crippen LogP contribution in [0.15, 0.2) is 18.2 Å². The van der Waals surface area contributed by atoms with Crippen LogP contribution in [0.2, 0.25) is 0 Å². The standard InChI is InChI=1S/C13H17FN2O4/c1-15-8-12(17)16-5-6-20-11-4-3-9(14)7-10(11)13(18)19-2/h3-4,7,15H,5-6,8H2,1-2H3,(H,16,17). The number of rotatable bonds is 7. The van der Waals surface area contributed by atoms with E-state index in [0.29, 0.717) is 0 Å². The van der Waals surface area contributed by atoms with Crippen LogP contribution in [0.4, 0.5) is 4.39 Å². The van der Waals surface area contributed by atoms with Gasteiger partial charge in [0.15, 0.2) is 0 Å². The molecule has 1 aromatic carbocycles. The molecule has 2 N–H and O–H groups in total. The Labute approximate surface area is 116 Å². The predicted octanol–water partition coefficient (Wildman–Crippen LogP) is 0.327. The number of esters is 1. The van der Waals surface area contributed by atoms with Crippen LogP contribution in [0.5, 0.6) is 5.75 Å². The van der Waals surface area contributed by atoms with Gasteiger partial charge in [-0.25, -0.2) is 9.18 Å². The number of ether oxygens (including phenoxy) is 2. The van der Waals surface area contributed by atoms with Crippen LogP contribution < -0.4 is 15.4 Å². The SMILES string of the molecule is CNCC(=O)NCCOc1ccc(F)cc1C(=O)OC. The molecule has 7 heteroatoms. The molecule has 0 radical (unpaired) electrons. The lowest BCUT2D eigenvalue weighted by Gasteiger charge is -2.11. The van der Waals surface area contributed by atoms with Crippen molar-refractivity contribution < 1.29 is 23.5 Å². The zero-order valence-electron chi connectivity index (χ0n) is 11.4. The Bertz CT molecular complexity index is 479.